The molecule has 31 heavy (non-hydrogen) atoms. The Morgan fingerprint density at radius 2 is 2.10 bits per heavy atom. The highest BCUT2D eigenvalue weighted by Crippen LogP contribution is 2.33. The Morgan fingerprint density at radius 3 is 2.87 bits per heavy atom. The van der Waals surface area contributed by atoms with Gasteiger partial charge in [0.15, 0.2) is 17.1 Å². The predicted molar refractivity (Wildman–Crippen MR) is 114 cm³/mol. The first-order chi connectivity index (χ1) is 14.9. The number of nitrogens with zero attached hydrogens (tertiary/aromatic N) is 4. The van der Waals surface area contributed by atoms with Gasteiger partial charge >= 0.3 is 0 Å². The number of aromatic hydroxyl groups is 1. The Balaban J connectivity index is 1.44. The Morgan fingerprint density at radius 1 is 1.26 bits per heavy atom. The summed E-state index contributed by atoms with van der Waals surface area (Å²) in [6.45, 7) is 1.67. The zero-order chi connectivity index (χ0) is 21.7. The predicted octanol–water partition coefficient (Wildman–Crippen LogP) is 2.72. The van der Waals surface area contributed by atoms with Gasteiger partial charge in [0, 0.05) is 31.3 Å². The summed E-state index contributed by atoms with van der Waals surface area (Å²) < 4.78 is 20.5. The third kappa shape index (κ3) is 3.52. The first-order valence-corrected chi connectivity index (χ1v) is 10.5. The number of hydrogen-bond acceptors (Lipinski definition) is 8. The number of nitrogens with one attached hydrogen (secondary N) is 1. The lowest BCUT2D eigenvalue weighted by molar-refractivity contribution is 0.107. The number of fused-ring (bicyclic) bond motifs is 3. The van der Waals surface area contributed by atoms with E-state index in [9.17, 15) is 9.90 Å². The number of alkyl halides is 1. The molecule has 0 saturated carbocycles. The van der Waals surface area contributed by atoms with Crippen molar-refractivity contribution in [3.63, 3.8) is 0 Å². The number of aryl methyl sites for hydroxylation is 1. The van der Waals surface area contributed by atoms with Gasteiger partial charge < -0.3 is 19.7 Å². The summed E-state index contributed by atoms with van der Waals surface area (Å²) in [5, 5.41) is 22.5. The van der Waals surface area contributed by atoms with Crippen LogP contribution < -0.4 is 15.6 Å². The van der Waals surface area contributed by atoms with E-state index < -0.39 is 6.17 Å². The van der Waals surface area contributed by atoms with Gasteiger partial charge in [0.05, 0.1) is 23.2 Å². The Kier molecular flexibility index (Phi) is 4.85. The van der Waals surface area contributed by atoms with E-state index >= 15 is 4.39 Å². The summed E-state index contributed by atoms with van der Waals surface area (Å²) in [5.41, 5.74) is 0.362. The molecule has 162 valence electrons. The lowest BCUT2D eigenvalue weighted by Crippen LogP contribution is -2.61. The smallest absolute Gasteiger partial charge is 0.192 e. The number of phenolic OH excluding ortho intramolecular Hbond substituents is 1. The minimum absolute atomic E-state index is 0.112. The number of piperidine rings is 2. The van der Waals surface area contributed by atoms with Crippen LogP contribution in [0.1, 0.15) is 31.4 Å². The van der Waals surface area contributed by atoms with Gasteiger partial charge in [-0.1, -0.05) is 6.42 Å². The van der Waals surface area contributed by atoms with E-state index in [0.717, 1.165) is 19.3 Å². The summed E-state index contributed by atoms with van der Waals surface area (Å²) in [6, 6.07) is 4.18. The van der Waals surface area contributed by atoms with Gasteiger partial charge in [-0.3, -0.25) is 4.79 Å². The zero-order valence-corrected chi connectivity index (χ0v) is 17.4. The molecule has 1 aromatic carbocycles. The Labute approximate surface area is 178 Å². The van der Waals surface area contributed by atoms with Crippen molar-refractivity contribution in [3.8, 4) is 17.1 Å². The highest BCUT2D eigenvalue weighted by Gasteiger charge is 2.42. The fourth-order valence-corrected chi connectivity index (χ4v) is 4.77. The third-order valence-corrected chi connectivity index (χ3v) is 6.41. The van der Waals surface area contributed by atoms with Crippen molar-refractivity contribution in [2.75, 3.05) is 11.9 Å². The third-order valence-electron chi connectivity index (χ3n) is 6.41. The SMILES string of the molecule is Cc1cc(=O)c2cc(-c3ncc(N(C)[C@H]4CC5CCCC(N5)[C@H]4F)nn3)c(O)cc2o1. The monoisotopic (exact) mass is 425 g/mol. The number of hydrogen-bond donors (Lipinski definition) is 2. The fourth-order valence-electron chi connectivity index (χ4n) is 4.77. The van der Waals surface area contributed by atoms with Crippen LogP contribution >= 0.6 is 0 Å². The number of anilines is 1. The van der Waals surface area contributed by atoms with E-state index in [4.69, 9.17) is 4.42 Å². The maximum atomic E-state index is 15.0. The molecule has 2 unspecified atom stereocenters. The van der Waals surface area contributed by atoms with Crippen LogP contribution in [0.15, 0.2) is 33.6 Å². The molecule has 8 nitrogen and oxygen atoms in total. The average Bonchev–Trinajstić information content (AvgIpc) is 2.76. The summed E-state index contributed by atoms with van der Waals surface area (Å²) in [4.78, 5) is 18.4. The largest absolute Gasteiger partial charge is 0.507 e. The molecule has 0 aliphatic carbocycles. The standard InChI is InChI=1S/C22H24FN5O3/c1-11-6-17(29)13-8-14(18(30)9-19(13)31-11)22-24-10-20(26-27-22)28(2)16-7-12-4-3-5-15(25-12)21(16)23/h6,8-10,12,15-16,21,25,30H,3-5,7H2,1-2H3/t12?,15?,16-,21+/m0/s1. The van der Waals surface area contributed by atoms with Crippen molar-refractivity contribution in [2.45, 2.75) is 56.9 Å². The van der Waals surface area contributed by atoms with E-state index in [0.29, 0.717) is 35.0 Å². The van der Waals surface area contributed by atoms with Gasteiger partial charge in [-0.05, 0) is 32.3 Å². The van der Waals surface area contributed by atoms with Crippen molar-refractivity contribution in [1.82, 2.24) is 20.5 Å². The molecule has 2 fully saturated rings. The minimum atomic E-state index is -0.991. The average molecular weight is 425 g/mol. The van der Waals surface area contributed by atoms with Crippen molar-refractivity contribution >= 4 is 16.8 Å². The van der Waals surface area contributed by atoms with Gasteiger partial charge in [-0.25, -0.2) is 9.37 Å². The van der Waals surface area contributed by atoms with Gasteiger partial charge in [0.1, 0.15) is 23.3 Å². The van der Waals surface area contributed by atoms with Crippen molar-refractivity contribution in [2.24, 2.45) is 0 Å². The summed E-state index contributed by atoms with van der Waals surface area (Å²) in [5.74, 6) is 0.990. The van der Waals surface area contributed by atoms with Crippen LogP contribution in [0.5, 0.6) is 5.75 Å². The first kappa shape index (κ1) is 19.9. The number of benzene rings is 1. The minimum Gasteiger partial charge on any atom is -0.507 e. The summed E-state index contributed by atoms with van der Waals surface area (Å²) in [7, 11) is 1.81. The molecule has 9 heteroatoms. The van der Waals surface area contributed by atoms with E-state index in [1.807, 2.05) is 7.05 Å². The first-order valence-electron chi connectivity index (χ1n) is 10.5. The number of aromatic nitrogens is 3. The second-order valence-corrected chi connectivity index (χ2v) is 8.49. The molecule has 0 radical (unpaired) electrons. The topological polar surface area (TPSA) is 104 Å². The molecule has 2 bridgehead atoms. The van der Waals surface area contributed by atoms with Crippen LogP contribution in [0.25, 0.3) is 22.4 Å². The van der Waals surface area contributed by atoms with Gasteiger partial charge in [-0.15, -0.1) is 10.2 Å². The molecule has 4 heterocycles. The maximum absolute atomic E-state index is 15.0. The lowest BCUT2D eigenvalue weighted by atomic mass is 9.82. The number of rotatable bonds is 3. The van der Waals surface area contributed by atoms with Crippen LogP contribution in [0.2, 0.25) is 0 Å². The quantitative estimate of drug-likeness (QED) is 0.660. The van der Waals surface area contributed by atoms with Gasteiger partial charge in [0.2, 0.25) is 0 Å². The van der Waals surface area contributed by atoms with Crippen LogP contribution in [0, 0.1) is 6.92 Å². The van der Waals surface area contributed by atoms with E-state index in [1.54, 1.807) is 11.8 Å². The van der Waals surface area contributed by atoms with Crippen molar-refractivity contribution in [3.05, 3.63) is 40.4 Å². The van der Waals surface area contributed by atoms with Crippen LogP contribution in [-0.2, 0) is 0 Å². The molecular formula is C22H24FN5O3. The summed E-state index contributed by atoms with van der Waals surface area (Å²) in [6.07, 6.45) is 4.20. The Hall–Kier alpha value is -3.07. The normalized spacial score (nSPS) is 25.5. The van der Waals surface area contributed by atoms with Crippen molar-refractivity contribution in [1.29, 1.82) is 0 Å². The van der Waals surface area contributed by atoms with Crippen LogP contribution in [-0.4, -0.2) is 51.6 Å². The number of phenols is 1. The molecule has 2 aliphatic heterocycles. The molecule has 0 spiro atoms. The molecule has 2 aliphatic rings. The summed E-state index contributed by atoms with van der Waals surface area (Å²) >= 11 is 0. The molecule has 0 amide bonds. The fraction of sp³-hybridized carbons (Fsp3) is 0.455. The molecule has 2 aromatic heterocycles. The van der Waals surface area contributed by atoms with Crippen molar-refractivity contribution < 1.29 is 13.9 Å². The molecule has 5 rings (SSSR count). The van der Waals surface area contributed by atoms with E-state index in [2.05, 4.69) is 20.5 Å². The lowest BCUT2D eigenvalue weighted by Gasteiger charge is -2.45. The molecule has 2 saturated heterocycles. The zero-order valence-electron chi connectivity index (χ0n) is 17.4. The van der Waals surface area contributed by atoms with Crippen LogP contribution in [0.3, 0.4) is 0 Å². The van der Waals surface area contributed by atoms with Gasteiger partial charge in [0.25, 0.3) is 0 Å². The molecule has 2 N–H and O–H groups in total. The molecule has 4 atom stereocenters. The second-order valence-electron chi connectivity index (χ2n) is 8.49. The van der Waals surface area contributed by atoms with Crippen LogP contribution in [0.4, 0.5) is 10.2 Å². The van der Waals surface area contributed by atoms with E-state index in [-0.39, 0.29) is 34.6 Å². The Bertz CT molecular complexity index is 1180. The molecule has 3 aromatic rings. The van der Waals surface area contributed by atoms with E-state index in [1.165, 1.54) is 24.4 Å². The second kappa shape index (κ2) is 7.56. The number of halogens is 1. The maximum Gasteiger partial charge on any atom is 0.192 e. The highest BCUT2D eigenvalue weighted by atomic mass is 19.1. The van der Waals surface area contributed by atoms with Gasteiger partial charge in [-0.2, -0.15) is 0 Å². The highest BCUT2D eigenvalue weighted by molar-refractivity contribution is 5.85. The molecular weight excluding hydrogens is 401 g/mol.